The highest BCUT2D eigenvalue weighted by molar-refractivity contribution is 6.38. The first-order valence-electron chi connectivity index (χ1n) is 15.3. The van der Waals surface area contributed by atoms with Crippen molar-refractivity contribution in [2.75, 3.05) is 13.2 Å². The number of fused-ring (bicyclic) bond motifs is 2. The molecule has 0 N–H and O–H groups in total. The van der Waals surface area contributed by atoms with Gasteiger partial charge in [-0.05, 0) is 50.2 Å². The van der Waals surface area contributed by atoms with Crippen LogP contribution in [0.2, 0.25) is 0 Å². The van der Waals surface area contributed by atoms with Crippen LogP contribution in [-0.2, 0) is 35.3 Å². The van der Waals surface area contributed by atoms with Gasteiger partial charge in [0.25, 0.3) is 5.91 Å². The summed E-state index contributed by atoms with van der Waals surface area (Å²) in [5.41, 5.74) is 0.191. The Labute approximate surface area is 245 Å². The molecule has 2 aliphatic heterocycles. The van der Waals surface area contributed by atoms with Crippen LogP contribution in [0.5, 0.6) is 0 Å². The second-order valence-corrected chi connectivity index (χ2v) is 11.9. The molecule has 8 nitrogen and oxygen atoms in total. The molecule has 41 heavy (non-hydrogen) atoms. The smallest absolute Gasteiger partial charge is 0.309 e. The van der Waals surface area contributed by atoms with Gasteiger partial charge in [0.15, 0.2) is 0 Å². The normalized spacial score (nSPS) is 19.7. The number of carbonyl (C=O) groups excluding carboxylic acids is 4. The molecule has 2 aliphatic rings. The van der Waals surface area contributed by atoms with Gasteiger partial charge in [0.1, 0.15) is 12.6 Å². The predicted molar refractivity (Wildman–Crippen MR) is 157 cm³/mol. The van der Waals surface area contributed by atoms with E-state index in [1.165, 1.54) is 4.90 Å². The highest BCUT2D eigenvalue weighted by Gasteiger charge is 2.46. The molecule has 3 rings (SSSR count). The van der Waals surface area contributed by atoms with Crippen LogP contribution < -0.4 is 0 Å². The van der Waals surface area contributed by atoms with Gasteiger partial charge in [-0.2, -0.15) is 0 Å². The lowest BCUT2D eigenvalue weighted by molar-refractivity contribution is -0.158. The van der Waals surface area contributed by atoms with Crippen molar-refractivity contribution in [3.63, 3.8) is 0 Å². The number of hydrogen-bond acceptors (Lipinski definition) is 6. The Morgan fingerprint density at radius 3 is 2.32 bits per heavy atom. The molecule has 1 fully saturated rings. The Bertz CT molecular complexity index is 1060. The fourth-order valence-corrected chi connectivity index (χ4v) is 5.53. The van der Waals surface area contributed by atoms with Crippen LogP contribution in [0.4, 0.5) is 0 Å². The lowest BCUT2D eigenvalue weighted by atomic mass is 9.83. The summed E-state index contributed by atoms with van der Waals surface area (Å²) in [5, 5.41) is 0. The summed E-state index contributed by atoms with van der Waals surface area (Å²) in [6, 6.07) is 8.07. The highest BCUT2D eigenvalue weighted by atomic mass is 16.5. The number of ketones is 1. The molecule has 226 valence electrons. The fourth-order valence-electron chi connectivity index (χ4n) is 5.53. The van der Waals surface area contributed by atoms with E-state index in [-0.39, 0.29) is 37.0 Å². The Balaban J connectivity index is 1.83. The van der Waals surface area contributed by atoms with E-state index in [2.05, 4.69) is 0 Å². The van der Waals surface area contributed by atoms with Crippen molar-refractivity contribution in [3.05, 3.63) is 48.2 Å². The van der Waals surface area contributed by atoms with Gasteiger partial charge in [-0.25, -0.2) is 0 Å². The number of piperidine rings is 1. The van der Waals surface area contributed by atoms with Crippen molar-refractivity contribution in [2.24, 2.45) is 11.3 Å². The first-order chi connectivity index (χ1) is 19.6. The summed E-state index contributed by atoms with van der Waals surface area (Å²) in [6.07, 6.45) is 9.28. The van der Waals surface area contributed by atoms with E-state index >= 15 is 0 Å². The van der Waals surface area contributed by atoms with Crippen molar-refractivity contribution in [3.8, 4) is 0 Å². The minimum absolute atomic E-state index is 0.0131. The molecule has 0 spiro atoms. The number of amides is 2. The van der Waals surface area contributed by atoms with Crippen molar-refractivity contribution in [2.45, 2.75) is 111 Å². The van der Waals surface area contributed by atoms with Gasteiger partial charge in [0.05, 0.1) is 31.2 Å². The minimum atomic E-state index is -0.806. The van der Waals surface area contributed by atoms with E-state index in [4.69, 9.17) is 9.47 Å². The van der Waals surface area contributed by atoms with Gasteiger partial charge in [-0.1, -0.05) is 77.8 Å². The molecule has 3 unspecified atom stereocenters. The number of nitrogens with zero attached hydrogens (tertiary/aromatic N) is 2. The molecule has 2 bridgehead atoms. The molecule has 0 saturated carbocycles. The van der Waals surface area contributed by atoms with Crippen LogP contribution in [0.1, 0.15) is 91.5 Å². The van der Waals surface area contributed by atoms with Gasteiger partial charge < -0.3 is 19.3 Å². The van der Waals surface area contributed by atoms with E-state index in [0.717, 1.165) is 37.7 Å². The summed E-state index contributed by atoms with van der Waals surface area (Å²) in [7, 11) is 0. The summed E-state index contributed by atoms with van der Waals surface area (Å²) in [4.78, 5) is 56.8. The number of ether oxygens (including phenoxy) is 2. The molecule has 0 aliphatic carbocycles. The van der Waals surface area contributed by atoms with Crippen LogP contribution in [0.25, 0.3) is 0 Å². The Kier molecular flexibility index (Phi) is 12.1. The summed E-state index contributed by atoms with van der Waals surface area (Å²) in [5.74, 6) is -1.78. The van der Waals surface area contributed by atoms with E-state index in [0.29, 0.717) is 25.9 Å². The zero-order chi connectivity index (χ0) is 30.0. The summed E-state index contributed by atoms with van der Waals surface area (Å²) < 4.78 is 11.9. The monoisotopic (exact) mass is 568 g/mol. The second kappa shape index (κ2) is 15.3. The van der Waals surface area contributed by atoms with E-state index < -0.39 is 29.2 Å². The Morgan fingerprint density at radius 2 is 1.68 bits per heavy atom. The fraction of sp³-hybridized carbons (Fsp3) is 0.636. The Morgan fingerprint density at radius 1 is 1.00 bits per heavy atom. The largest absolute Gasteiger partial charge is 0.463 e. The Hall–Kier alpha value is -3.00. The van der Waals surface area contributed by atoms with Gasteiger partial charge in [0.2, 0.25) is 11.7 Å². The molecule has 1 aromatic rings. The first kappa shape index (κ1) is 32.5. The van der Waals surface area contributed by atoms with Crippen molar-refractivity contribution in [1.82, 2.24) is 9.80 Å². The number of hydrogen-bond donors (Lipinski definition) is 0. The molecule has 2 amide bonds. The molecule has 0 aromatic heterocycles. The van der Waals surface area contributed by atoms with E-state index in [1.807, 2.05) is 57.2 Å². The molecule has 1 aromatic carbocycles. The molecular formula is C33H48N2O6. The zero-order valence-electron chi connectivity index (χ0n) is 25.5. The number of carbonyl (C=O) groups is 4. The van der Waals surface area contributed by atoms with Crippen molar-refractivity contribution in [1.29, 1.82) is 0 Å². The van der Waals surface area contributed by atoms with E-state index in [9.17, 15) is 19.2 Å². The molecule has 2 heterocycles. The average Bonchev–Trinajstić information content (AvgIpc) is 3.05. The van der Waals surface area contributed by atoms with Gasteiger partial charge >= 0.3 is 5.97 Å². The zero-order valence-corrected chi connectivity index (χ0v) is 25.5. The number of benzene rings is 1. The van der Waals surface area contributed by atoms with Crippen LogP contribution in [-0.4, -0.2) is 64.7 Å². The number of Topliss-reactive ketones (excluding diaryl/α,β-unsaturated/α-hetero) is 1. The average molecular weight is 569 g/mol. The highest BCUT2D eigenvalue weighted by Crippen LogP contribution is 2.32. The first-order valence-corrected chi connectivity index (χ1v) is 15.3. The number of esters is 1. The second-order valence-electron chi connectivity index (χ2n) is 11.9. The standard InChI is InChI=1S/C33H48N2O6/c1-6-13-25(14-7-2)32(39)41-23-27(22-40-21-24-15-10-9-11-16-24)34-20-19-26-17-12-18-28(30(34)37)35(26)31(38)29(36)33(4,5)8-3/h9-11,15-16,19-20,25-28H,6-8,12-14,17-18,21-23H2,1-5H3. The third kappa shape index (κ3) is 8.28. The quantitative estimate of drug-likeness (QED) is 0.207. The third-order valence-corrected chi connectivity index (χ3v) is 8.45. The maximum absolute atomic E-state index is 14.0. The van der Waals surface area contributed by atoms with E-state index in [1.54, 1.807) is 24.9 Å². The van der Waals surface area contributed by atoms with Crippen LogP contribution in [0.15, 0.2) is 42.6 Å². The SMILES string of the molecule is CCCC(CCC)C(=O)OCC(COCc1ccccc1)N1C=CC2CCCC(C1=O)N2C(=O)C(=O)C(C)(C)CC. The van der Waals surface area contributed by atoms with Crippen LogP contribution >= 0.6 is 0 Å². The van der Waals surface area contributed by atoms with Crippen molar-refractivity contribution >= 4 is 23.6 Å². The number of rotatable bonds is 15. The summed E-state index contributed by atoms with van der Waals surface area (Å²) >= 11 is 0. The minimum Gasteiger partial charge on any atom is -0.463 e. The van der Waals surface area contributed by atoms with Gasteiger partial charge in [0, 0.05) is 11.6 Å². The van der Waals surface area contributed by atoms with Crippen LogP contribution in [0.3, 0.4) is 0 Å². The maximum Gasteiger partial charge on any atom is 0.309 e. The topological polar surface area (TPSA) is 93.2 Å². The summed E-state index contributed by atoms with van der Waals surface area (Å²) in [6.45, 7) is 10.0. The molecule has 0 radical (unpaired) electrons. The molecule has 3 atom stereocenters. The predicted octanol–water partition coefficient (Wildman–Crippen LogP) is 5.44. The molecule has 1 saturated heterocycles. The van der Waals surface area contributed by atoms with Gasteiger partial charge in [-0.3, -0.25) is 19.2 Å². The van der Waals surface area contributed by atoms with Crippen molar-refractivity contribution < 1.29 is 28.7 Å². The van der Waals surface area contributed by atoms with Crippen LogP contribution in [0, 0.1) is 11.3 Å². The third-order valence-electron chi connectivity index (χ3n) is 8.45. The van der Waals surface area contributed by atoms with Gasteiger partial charge in [-0.15, -0.1) is 0 Å². The maximum atomic E-state index is 14.0. The lowest BCUT2D eigenvalue weighted by Crippen LogP contribution is -2.58. The molecular weight excluding hydrogens is 520 g/mol. The lowest BCUT2D eigenvalue weighted by Gasteiger charge is -2.40. The molecule has 8 heteroatoms.